The van der Waals surface area contributed by atoms with E-state index in [4.69, 9.17) is 27.9 Å². The standard InChI is InChI=1S/C16H16Cl2N2O4S/c1-16-5-4-14(22)20(16)12(8-25-16)15(23)24-7-13(21)19-11-6-9(17)2-3-10(11)18/h2-3,6,12H,4-5,7-8H2,1H3,(H,19,21)/t12-,16+/m0/s1. The molecule has 2 aliphatic heterocycles. The molecule has 2 saturated heterocycles. The maximum atomic E-state index is 12.3. The van der Waals surface area contributed by atoms with E-state index in [1.807, 2.05) is 6.92 Å². The lowest BCUT2D eigenvalue weighted by Crippen LogP contribution is -2.47. The Bertz CT molecular complexity index is 745. The number of hydrogen-bond donors (Lipinski definition) is 1. The molecule has 1 aromatic carbocycles. The van der Waals surface area contributed by atoms with Crippen molar-refractivity contribution < 1.29 is 19.1 Å². The molecule has 2 heterocycles. The highest BCUT2D eigenvalue weighted by Crippen LogP contribution is 2.47. The Kier molecular flexibility index (Phi) is 5.18. The highest BCUT2D eigenvalue weighted by atomic mass is 35.5. The maximum absolute atomic E-state index is 12.3. The van der Waals surface area contributed by atoms with Crippen LogP contribution in [0.15, 0.2) is 18.2 Å². The number of esters is 1. The molecule has 0 radical (unpaired) electrons. The van der Waals surface area contributed by atoms with Gasteiger partial charge in [-0.1, -0.05) is 23.2 Å². The first-order valence-electron chi connectivity index (χ1n) is 7.68. The van der Waals surface area contributed by atoms with Crippen LogP contribution < -0.4 is 5.32 Å². The van der Waals surface area contributed by atoms with E-state index < -0.39 is 24.5 Å². The predicted molar refractivity (Wildman–Crippen MR) is 96.8 cm³/mol. The summed E-state index contributed by atoms with van der Waals surface area (Å²) in [5.41, 5.74) is 0.342. The molecular formula is C16H16Cl2N2O4S. The van der Waals surface area contributed by atoms with Crippen LogP contribution in [0.4, 0.5) is 5.69 Å². The van der Waals surface area contributed by atoms with Gasteiger partial charge in [0.25, 0.3) is 5.91 Å². The third kappa shape index (κ3) is 3.73. The topological polar surface area (TPSA) is 75.7 Å². The average molecular weight is 403 g/mol. The molecule has 6 nitrogen and oxygen atoms in total. The average Bonchev–Trinajstić information content (AvgIpc) is 3.05. The molecule has 0 saturated carbocycles. The molecule has 2 fully saturated rings. The Balaban J connectivity index is 1.56. The van der Waals surface area contributed by atoms with Crippen LogP contribution in [0, 0.1) is 0 Å². The molecule has 0 bridgehead atoms. The molecule has 1 aromatic rings. The van der Waals surface area contributed by atoms with E-state index in [2.05, 4.69) is 5.32 Å². The van der Waals surface area contributed by atoms with E-state index >= 15 is 0 Å². The zero-order chi connectivity index (χ0) is 18.2. The third-order valence-corrected chi connectivity index (χ3v) is 6.33. The molecule has 0 spiro atoms. The van der Waals surface area contributed by atoms with Crippen molar-refractivity contribution in [1.29, 1.82) is 0 Å². The summed E-state index contributed by atoms with van der Waals surface area (Å²) in [6.45, 7) is 1.49. The van der Waals surface area contributed by atoms with Crippen LogP contribution in [0.5, 0.6) is 0 Å². The Morgan fingerprint density at radius 1 is 1.44 bits per heavy atom. The summed E-state index contributed by atoms with van der Waals surface area (Å²) in [5, 5.41) is 3.29. The zero-order valence-electron chi connectivity index (χ0n) is 13.4. The molecule has 2 amide bonds. The van der Waals surface area contributed by atoms with Gasteiger partial charge in [-0.2, -0.15) is 0 Å². The Morgan fingerprint density at radius 2 is 2.20 bits per heavy atom. The number of ether oxygens (including phenoxy) is 1. The maximum Gasteiger partial charge on any atom is 0.330 e. The van der Waals surface area contributed by atoms with Gasteiger partial charge in [-0.3, -0.25) is 9.59 Å². The van der Waals surface area contributed by atoms with Crippen molar-refractivity contribution in [2.24, 2.45) is 0 Å². The number of rotatable bonds is 4. The first-order valence-corrected chi connectivity index (χ1v) is 9.42. The van der Waals surface area contributed by atoms with Gasteiger partial charge >= 0.3 is 5.97 Å². The monoisotopic (exact) mass is 402 g/mol. The van der Waals surface area contributed by atoms with Crippen LogP contribution in [-0.2, 0) is 19.1 Å². The quantitative estimate of drug-likeness (QED) is 0.783. The van der Waals surface area contributed by atoms with E-state index in [9.17, 15) is 14.4 Å². The molecule has 2 aliphatic rings. The number of hydrogen-bond acceptors (Lipinski definition) is 5. The second-order valence-electron chi connectivity index (χ2n) is 6.05. The van der Waals surface area contributed by atoms with Crippen molar-refractivity contribution in [2.45, 2.75) is 30.7 Å². The number of halogens is 2. The van der Waals surface area contributed by atoms with Crippen molar-refractivity contribution in [3.63, 3.8) is 0 Å². The van der Waals surface area contributed by atoms with Gasteiger partial charge in [0, 0.05) is 17.2 Å². The van der Waals surface area contributed by atoms with Gasteiger partial charge in [-0.15, -0.1) is 11.8 Å². The highest BCUT2D eigenvalue weighted by Gasteiger charge is 2.53. The minimum Gasteiger partial charge on any atom is -0.454 e. The molecule has 1 N–H and O–H groups in total. The summed E-state index contributed by atoms with van der Waals surface area (Å²) in [5.74, 6) is -0.676. The molecule has 2 atom stereocenters. The van der Waals surface area contributed by atoms with Crippen molar-refractivity contribution in [2.75, 3.05) is 17.7 Å². The van der Waals surface area contributed by atoms with Crippen molar-refractivity contribution in [3.05, 3.63) is 28.2 Å². The SMILES string of the molecule is C[C@@]12CCC(=O)N1[C@H](C(=O)OCC(=O)Nc1cc(Cl)ccc1Cl)CS2. The number of carbonyl (C=O) groups is 3. The van der Waals surface area contributed by atoms with Crippen molar-refractivity contribution in [1.82, 2.24) is 4.90 Å². The lowest BCUT2D eigenvalue weighted by Gasteiger charge is -2.29. The van der Waals surface area contributed by atoms with Gasteiger partial charge in [0.05, 0.1) is 15.6 Å². The largest absolute Gasteiger partial charge is 0.454 e. The molecule has 3 rings (SSSR count). The summed E-state index contributed by atoms with van der Waals surface area (Å²) >= 11 is 13.4. The van der Waals surface area contributed by atoms with Crippen molar-refractivity contribution in [3.8, 4) is 0 Å². The second kappa shape index (κ2) is 7.05. The summed E-state index contributed by atoms with van der Waals surface area (Å²) < 4.78 is 5.10. The molecule has 0 unspecified atom stereocenters. The van der Waals surface area contributed by atoms with Gasteiger partial charge < -0.3 is 15.0 Å². The highest BCUT2D eigenvalue weighted by molar-refractivity contribution is 8.01. The number of thioether (sulfide) groups is 1. The summed E-state index contributed by atoms with van der Waals surface area (Å²) in [6.07, 6.45) is 1.15. The van der Waals surface area contributed by atoms with Gasteiger partial charge in [0.2, 0.25) is 5.91 Å². The number of nitrogens with one attached hydrogen (secondary N) is 1. The Labute approximate surface area is 159 Å². The molecule has 0 aliphatic carbocycles. The van der Waals surface area contributed by atoms with Crippen LogP contribution in [0.1, 0.15) is 19.8 Å². The fourth-order valence-electron chi connectivity index (χ4n) is 3.01. The minimum absolute atomic E-state index is 0.0513. The molecule has 0 aromatic heterocycles. The zero-order valence-corrected chi connectivity index (χ0v) is 15.7. The van der Waals surface area contributed by atoms with E-state index in [0.29, 0.717) is 34.3 Å². The molecular weight excluding hydrogens is 387 g/mol. The van der Waals surface area contributed by atoms with Gasteiger partial charge in [0.1, 0.15) is 6.04 Å². The van der Waals surface area contributed by atoms with E-state index in [1.54, 1.807) is 28.8 Å². The van der Waals surface area contributed by atoms with Crippen LogP contribution in [0.2, 0.25) is 10.0 Å². The van der Waals surface area contributed by atoms with E-state index in [-0.39, 0.29) is 10.8 Å². The van der Waals surface area contributed by atoms with Crippen LogP contribution in [0.25, 0.3) is 0 Å². The van der Waals surface area contributed by atoms with Gasteiger partial charge in [-0.05, 0) is 31.5 Å². The normalized spacial score (nSPS) is 25.0. The van der Waals surface area contributed by atoms with Gasteiger partial charge in [-0.25, -0.2) is 4.79 Å². The number of amides is 2. The Morgan fingerprint density at radius 3 is 2.96 bits per heavy atom. The Hall–Kier alpha value is -1.44. The number of carbonyl (C=O) groups excluding carboxylic acids is 3. The molecule has 134 valence electrons. The minimum atomic E-state index is -0.646. The lowest BCUT2D eigenvalue weighted by atomic mass is 10.2. The fourth-order valence-corrected chi connectivity index (χ4v) is 4.76. The number of anilines is 1. The van der Waals surface area contributed by atoms with Crippen LogP contribution in [-0.4, -0.2) is 46.0 Å². The third-order valence-electron chi connectivity index (χ3n) is 4.26. The lowest BCUT2D eigenvalue weighted by molar-refractivity contribution is -0.155. The first-order chi connectivity index (χ1) is 11.8. The van der Waals surface area contributed by atoms with Crippen LogP contribution in [0.3, 0.4) is 0 Å². The summed E-state index contributed by atoms with van der Waals surface area (Å²) in [6, 6.07) is 4.01. The fraction of sp³-hybridized carbons (Fsp3) is 0.438. The molecule has 9 heteroatoms. The first kappa shape index (κ1) is 18.4. The number of benzene rings is 1. The number of nitrogens with zero attached hydrogens (tertiary/aromatic N) is 1. The van der Waals surface area contributed by atoms with E-state index in [0.717, 1.165) is 0 Å². The smallest absolute Gasteiger partial charge is 0.330 e. The van der Waals surface area contributed by atoms with Gasteiger partial charge in [0.15, 0.2) is 6.61 Å². The summed E-state index contributed by atoms with van der Waals surface area (Å²) in [7, 11) is 0. The molecule has 25 heavy (non-hydrogen) atoms. The van der Waals surface area contributed by atoms with Crippen molar-refractivity contribution >= 4 is 58.4 Å². The number of fused-ring (bicyclic) bond motifs is 1. The summed E-state index contributed by atoms with van der Waals surface area (Å²) in [4.78, 5) is 37.5. The second-order valence-corrected chi connectivity index (χ2v) is 8.39. The van der Waals surface area contributed by atoms with Crippen LogP contribution >= 0.6 is 35.0 Å². The predicted octanol–water partition coefficient (Wildman–Crippen LogP) is 2.93. The van der Waals surface area contributed by atoms with E-state index in [1.165, 1.54) is 6.07 Å².